The van der Waals surface area contributed by atoms with Crippen LogP contribution < -0.4 is 4.74 Å². The maximum atomic E-state index is 11.0. The smallest absolute Gasteiger partial charge is 0.308 e. The van der Waals surface area contributed by atoms with Crippen LogP contribution in [0.25, 0.3) is 10.8 Å². The Hall–Kier alpha value is -2.23. The first kappa shape index (κ1) is 11.3. The van der Waals surface area contributed by atoms with Crippen molar-refractivity contribution >= 4 is 16.7 Å². The Labute approximate surface area is 98.1 Å². The highest BCUT2D eigenvalue weighted by molar-refractivity contribution is 5.97. The number of fused-ring (bicyclic) bond motifs is 1. The van der Waals surface area contributed by atoms with Gasteiger partial charge in [-0.3, -0.25) is 4.79 Å². The van der Waals surface area contributed by atoms with Crippen LogP contribution in [-0.4, -0.2) is 16.2 Å². The standard InChI is InChI=1S/C13H12O4/c1-7-11(15)9-5-3-4-6-10(9)12(16)13(7)17-8(2)14/h3-6,15-16H,1-2H3. The van der Waals surface area contributed by atoms with Crippen LogP contribution in [0.1, 0.15) is 12.5 Å². The fourth-order valence-electron chi connectivity index (χ4n) is 1.77. The molecule has 0 amide bonds. The van der Waals surface area contributed by atoms with Crippen LogP contribution >= 0.6 is 0 Å². The highest BCUT2D eigenvalue weighted by atomic mass is 16.5. The van der Waals surface area contributed by atoms with E-state index in [0.29, 0.717) is 16.3 Å². The number of phenolic OH excluding ortho intramolecular Hbond substituents is 2. The number of rotatable bonds is 1. The average molecular weight is 232 g/mol. The molecule has 2 rings (SSSR count). The second-order valence-corrected chi connectivity index (χ2v) is 3.79. The number of phenols is 2. The molecule has 0 atom stereocenters. The molecule has 0 saturated heterocycles. The zero-order valence-electron chi connectivity index (χ0n) is 9.52. The summed E-state index contributed by atoms with van der Waals surface area (Å²) in [6.45, 7) is 2.82. The Morgan fingerprint density at radius 1 is 1.12 bits per heavy atom. The van der Waals surface area contributed by atoms with Gasteiger partial charge in [0.25, 0.3) is 0 Å². The number of benzene rings is 2. The molecule has 0 radical (unpaired) electrons. The van der Waals surface area contributed by atoms with Gasteiger partial charge in [-0.2, -0.15) is 0 Å². The molecule has 88 valence electrons. The largest absolute Gasteiger partial charge is 0.507 e. The van der Waals surface area contributed by atoms with Crippen molar-refractivity contribution in [3.8, 4) is 17.2 Å². The number of ether oxygens (including phenoxy) is 1. The molecule has 4 heteroatoms. The molecular weight excluding hydrogens is 220 g/mol. The molecule has 4 nitrogen and oxygen atoms in total. The summed E-state index contributed by atoms with van der Waals surface area (Å²) in [6, 6.07) is 6.83. The summed E-state index contributed by atoms with van der Waals surface area (Å²) in [4.78, 5) is 11.0. The zero-order valence-corrected chi connectivity index (χ0v) is 9.52. The van der Waals surface area contributed by atoms with Crippen LogP contribution in [0, 0.1) is 6.92 Å². The summed E-state index contributed by atoms with van der Waals surface area (Å²) in [7, 11) is 0. The van der Waals surface area contributed by atoms with Gasteiger partial charge < -0.3 is 14.9 Å². The Morgan fingerprint density at radius 2 is 1.65 bits per heavy atom. The van der Waals surface area contributed by atoms with Crippen LogP contribution in [0.3, 0.4) is 0 Å². The van der Waals surface area contributed by atoms with Crippen molar-refractivity contribution in [2.75, 3.05) is 0 Å². The lowest BCUT2D eigenvalue weighted by Gasteiger charge is -2.12. The van der Waals surface area contributed by atoms with Crippen LogP contribution in [0.15, 0.2) is 24.3 Å². The topological polar surface area (TPSA) is 66.8 Å². The van der Waals surface area contributed by atoms with E-state index in [2.05, 4.69) is 0 Å². The molecule has 0 fully saturated rings. The van der Waals surface area contributed by atoms with Gasteiger partial charge in [-0.1, -0.05) is 24.3 Å². The number of carbonyl (C=O) groups excluding carboxylic acids is 1. The molecule has 0 bridgehead atoms. The molecule has 2 aromatic rings. The quantitative estimate of drug-likeness (QED) is 0.450. The van der Waals surface area contributed by atoms with Crippen molar-refractivity contribution in [3.63, 3.8) is 0 Å². The van der Waals surface area contributed by atoms with E-state index in [0.717, 1.165) is 0 Å². The average Bonchev–Trinajstić information content (AvgIpc) is 2.31. The van der Waals surface area contributed by atoms with E-state index in [9.17, 15) is 15.0 Å². The molecule has 0 aliphatic heterocycles. The van der Waals surface area contributed by atoms with Crippen molar-refractivity contribution in [2.24, 2.45) is 0 Å². The Morgan fingerprint density at radius 3 is 2.18 bits per heavy atom. The minimum absolute atomic E-state index is 0.00806. The SMILES string of the molecule is CC(=O)Oc1c(C)c(O)c2ccccc2c1O. The Kier molecular flexibility index (Phi) is 2.63. The van der Waals surface area contributed by atoms with Gasteiger partial charge in [0.05, 0.1) is 0 Å². The lowest BCUT2D eigenvalue weighted by atomic mass is 10.0. The van der Waals surface area contributed by atoms with Crippen LogP contribution in [-0.2, 0) is 4.79 Å². The van der Waals surface area contributed by atoms with Crippen LogP contribution in [0.2, 0.25) is 0 Å². The lowest BCUT2D eigenvalue weighted by Crippen LogP contribution is -2.03. The van der Waals surface area contributed by atoms with E-state index in [-0.39, 0.29) is 17.2 Å². The van der Waals surface area contributed by atoms with Gasteiger partial charge in [0.15, 0.2) is 11.5 Å². The lowest BCUT2D eigenvalue weighted by molar-refractivity contribution is -0.132. The van der Waals surface area contributed by atoms with Crippen molar-refractivity contribution in [3.05, 3.63) is 29.8 Å². The third-order valence-electron chi connectivity index (χ3n) is 2.59. The Balaban J connectivity index is 2.81. The molecule has 17 heavy (non-hydrogen) atoms. The first-order valence-corrected chi connectivity index (χ1v) is 5.14. The summed E-state index contributed by atoms with van der Waals surface area (Å²) < 4.78 is 4.92. The highest BCUT2D eigenvalue weighted by Crippen LogP contribution is 2.43. The van der Waals surface area contributed by atoms with E-state index in [1.165, 1.54) is 6.92 Å². The third kappa shape index (κ3) is 1.78. The molecule has 0 aliphatic carbocycles. The number of esters is 1. The minimum atomic E-state index is -0.543. The van der Waals surface area contributed by atoms with Gasteiger partial charge in [0.1, 0.15) is 5.75 Å². The number of carbonyl (C=O) groups is 1. The predicted octanol–water partition coefficient (Wildman–Crippen LogP) is 2.48. The first-order chi connectivity index (χ1) is 8.02. The zero-order chi connectivity index (χ0) is 12.6. The molecule has 0 aromatic heterocycles. The van der Waals surface area contributed by atoms with E-state index in [4.69, 9.17) is 4.74 Å². The highest BCUT2D eigenvalue weighted by Gasteiger charge is 2.18. The maximum absolute atomic E-state index is 11.0. The van der Waals surface area contributed by atoms with E-state index < -0.39 is 5.97 Å². The van der Waals surface area contributed by atoms with E-state index in [1.807, 2.05) is 0 Å². The van der Waals surface area contributed by atoms with Crippen molar-refractivity contribution in [1.82, 2.24) is 0 Å². The number of aromatic hydroxyl groups is 2. The summed E-state index contributed by atoms with van der Waals surface area (Å²) in [5, 5.41) is 21.0. The van der Waals surface area contributed by atoms with Gasteiger partial charge in [0, 0.05) is 23.3 Å². The molecule has 0 spiro atoms. The molecular formula is C13H12O4. The summed E-state index contributed by atoms with van der Waals surface area (Å²) in [5.41, 5.74) is 0.344. The van der Waals surface area contributed by atoms with E-state index in [1.54, 1.807) is 31.2 Å². The molecule has 0 heterocycles. The van der Waals surface area contributed by atoms with Crippen LogP contribution in [0.5, 0.6) is 17.2 Å². The first-order valence-electron chi connectivity index (χ1n) is 5.14. The van der Waals surface area contributed by atoms with Gasteiger partial charge in [0.2, 0.25) is 0 Å². The van der Waals surface area contributed by atoms with Crippen LogP contribution in [0.4, 0.5) is 0 Å². The van der Waals surface area contributed by atoms with Crippen molar-refractivity contribution < 1.29 is 19.7 Å². The van der Waals surface area contributed by atoms with E-state index >= 15 is 0 Å². The van der Waals surface area contributed by atoms with Gasteiger partial charge in [-0.15, -0.1) is 0 Å². The number of hydrogen-bond acceptors (Lipinski definition) is 4. The second-order valence-electron chi connectivity index (χ2n) is 3.79. The molecule has 0 saturated carbocycles. The monoisotopic (exact) mass is 232 g/mol. The second kappa shape index (κ2) is 3.97. The fraction of sp³-hybridized carbons (Fsp3) is 0.154. The van der Waals surface area contributed by atoms with Gasteiger partial charge in [-0.25, -0.2) is 0 Å². The summed E-state index contributed by atoms with van der Waals surface area (Å²) >= 11 is 0. The van der Waals surface area contributed by atoms with Gasteiger partial charge >= 0.3 is 5.97 Å². The van der Waals surface area contributed by atoms with Gasteiger partial charge in [-0.05, 0) is 6.92 Å². The van der Waals surface area contributed by atoms with Crippen molar-refractivity contribution in [1.29, 1.82) is 0 Å². The molecule has 0 aliphatic rings. The summed E-state index contributed by atoms with van der Waals surface area (Å²) in [5.74, 6) is -0.660. The van der Waals surface area contributed by atoms with Crippen molar-refractivity contribution in [2.45, 2.75) is 13.8 Å². The summed E-state index contributed by atoms with van der Waals surface area (Å²) in [6.07, 6.45) is 0. The molecule has 0 unspecified atom stereocenters. The number of hydrogen-bond donors (Lipinski definition) is 2. The molecule has 2 N–H and O–H groups in total. The Bertz CT molecular complexity index is 602. The minimum Gasteiger partial charge on any atom is -0.507 e. The molecule has 2 aromatic carbocycles. The predicted molar refractivity (Wildman–Crippen MR) is 63.3 cm³/mol. The third-order valence-corrected chi connectivity index (χ3v) is 2.59. The normalized spacial score (nSPS) is 10.5. The maximum Gasteiger partial charge on any atom is 0.308 e. The fourth-order valence-corrected chi connectivity index (χ4v) is 1.77.